The van der Waals surface area contributed by atoms with Crippen LogP contribution < -0.4 is 10.1 Å². The molecule has 4 aromatic carbocycles. The second kappa shape index (κ2) is 9.50. The molecule has 0 spiro atoms. The first kappa shape index (κ1) is 22.5. The van der Waals surface area contributed by atoms with Crippen molar-refractivity contribution in [2.24, 2.45) is 0 Å². The lowest BCUT2D eigenvalue weighted by atomic mass is 9.97. The third kappa shape index (κ3) is 4.30. The van der Waals surface area contributed by atoms with Gasteiger partial charge in [-0.3, -0.25) is 0 Å². The zero-order chi connectivity index (χ0) is 24.4. The molecule has 4 aromatic rings. The summed E-state index contributed by atoms with van der Waals surface area (Å²) in [5, 5.41) is 14.2. The molecule has 6 heteroatoms. The summed E-state index contributed by atoms with van der Waals surface area (Å²) in [4.78, 5) is 24.8. The van der Waals surface area contributed by atoms with Crippen LogP contribution in [-0.2, 0) is 16.0 Å². The van der Waals surface area contributed by atoms with Gasteiger partial charge in [-0.2, -0.15) is 0 Å². The molecule has 2 N–H and O–H groups in total. The van der Waals surface area contributed by atoms with E-state index < -0.39 is 18.1 Å². The van der Waals surface area contributed by atoms with E-state index in [1.807, 2.05) is 72.8 Å². The molecule has 0 fully saturated rings. The Morgan fingerprint density at radius 3 is 2.17 bits per heavy atom. The Bertz CT molecular complexity index is 1370. The quantitative estimate of drug-likeness (QED) is 0.381. The highest BCUT2D eigenvalue weighted by Crippen LogP contribution is 2.44. The van der Waals surface area contributed by atoms with Crippen molar-refractivity contribution >= 4 is 22.8 Å². The van der Waals surface area contributed by atoms with Gasteiger partial charge in [0.2, 0.25) is 0 Å². The van der Waals surface area contributed by atoms with Crippen molar-refractivity contribution in [2.75, 3.05) is 13.7 Å². The van der Waals surface area contributed by atoms with Gasteiger partial charge in [0, 0.05) is 17.9 Å². The number of aliphatic carboxylic acids is 1. The van der Waals surface area contributed by atoms with Crippen LogP contribution in [0.1, 0.15) is 22.6 Å². The fraction of sp³-hybridized carbons (Fsp3) is 0.172. The number of amides is 1. The molecule has 0 saturated heterocycles. The van der Waals surface area contributed by atoms with E-state index in [1.165, 1.54) is 0 Å². The van der Waals surface area contributed by atoms with Crippen molar-refractivity contribution in [3.63, 3.8) is 0 Å². The molecule has 1 amide bonds. The Kier molecular flexibility index (Phi) is 6.10. The van der Waals surface area contributed by atoms with E-state index in [0.717, 1.165) is 38.6 Å². The summed E-state index contributed by atoms with van der Waals surface area (Å²) in [6, 6.07) is 26.3. The molecule has 0 saturated carbocycles. The predicted molar refractivity (Wildman–Crippen MR) is 134 cm³/mol. The highest BCUT2D eigenvalue weighted by molar-refractivity contribution is 5.89. The fourth-order valence-electron chi connectivity index (χ4n) is 4.90. The summed E-state index contributed by atoms with van der Waals surface area (Å²) in [6.07, 6.45) is -0.706. The molecular formula is C29H25NO5. The lowest BCUT2D eigenvalue weighted by molar-refractivity contribution is -0.139. The minimum atomic E-state index is -1.18. The Morgan fingerprint density at radius 2 is 1.51 bits per heavy atom. The van der Waals surface area contributed by atoms with Crippen LogP contribution in [0.2, 0.25) is 0 Å². The van der Waals surface area contributed by atoms with E-state index in [4.69, 9.17) is 9.47 Å². The number of rotatable bonds is 7. The summed E-state index contributed by atoms with van der Waals surface area (Å²) in [5.41, 5.74) is 5.16. The minimum absolute atomic E-state index is 0.0596. The molecule has 0 aliphatic heterocycles. The second-order valence-corrected chi connectivity index (χ2v) is 8.53. The Labute approximate surface area is 203 Å². The van der Waals surface area contributed by atoms with Crippen LogP contribution in [0.25, 0.3) is 21.9 Å². The molecule has 176 valence electrons. The molecule has 1 atom stereocenters. The first-order valence-electron chi connectivity index (χ1n) is 11.5. The lowest BCUT2D eigenvalue weighted by Crippen LogP contribution is -2.43. The van der Waals surface area contributed by atoms with Crippen molar-refractivity contribution in [1.29, 1.82) is 0 Å². The van der Waals surface area contributed by atoms with Gasteiger partial charge in [0.05, 0.1) is 7.11 Å². The molecule has 0 radical (unpaired) electrons. The maximum Gasteiger partial charge on any atom is 0.407 e. The largest absolute Gasteiger partial charge is 0.496 e. The first-order valence-corrected chi connectivity index (χ1v) is 11.5. The molecule has 0 aromatic heterocycles. The molecular weight excluding hydrogens is 442 g/mol. The second-order valence-electron chi connectivity index (χ2n) is 8.53. The molecule has 1 aliphatic rings. The number of nitrogens with one attached hydrogen (secondary N) is 1. The Morgan fingerprint density at radius 1 is 0.886 bits per heavy atom. The number of alkyl carbamates (subject to hydrolysis) is 1. The Hall–Kier alpha value is -4.32. The summed E-state index contributed by atoms with van der Waals surface area (Å²) >= 11 is 0. The Balaban J connectivity index is 1.33. The lowest BCUT2D eigenvalue weighted by Gasteiger charge is -2.19. The molecule has 1 aliphatic carbocycles. The average molecular weight is 468 g/mol. The number of carbonyl (C=O) groups is 2. The number of carboxylic acid groups (broad SMARTS) is 1. The topological polar surface area (TPSA) is 84.9 Å². The summed E-state index contributed by atoms with van der Waals surface area (Å²) < 4.78 is 11.0. The monoisotopic (exact) mass is 467 g/mol. The van der Waals surface area contributed by atoms with Crippen LogP contribution in [-0.4, -0.2) is 36.9 Å². The number of fused-ring (bicyclic) bond motifs is 4. The van der Waals surface area contributed by atoms with Gasteiger partial charge >= 0.3 is 12.1 Å². The van der Waals surface area contributed by atoms with Crippen LogP contribution in [0.4, 0.5) is 4.79 Å². The minimum Gasteiger partial charge on any atom is -0.496 e. The normalized spacial score (nSPS) is 13.1. The van der Waals surface area contributed by atoms with Crippen LogP contribution in [0.5, 0.6) is 5.75 Å². The fourth-order valence-corrected chi connectivity index (χ4v) is 4.90. The van der Waals surface area contributed by atoms with Crippen molar-refractivity contribution in [3.05, 3.63) is 102 Å². The highest BCUT2D eigenvalue weighted by atomic mass is 16.5. The van der Waals surface area contributed by atoms with Gasteiger partial charge in [-0.25, -0.2) is 9.59 Å². The van der Waals surface area contributed by atoms with Crippen LogP contribution in [0, 0.1) is 0 Å². The maximum absolute atomic E-state index is 12.7. The predicted octanol–water partition coefficient (Wildman–Crippen LogP) is 5.38. The third-order valence-electron chi connectivity index (χ3n) is 6.56. The van der Waals surface area contributed by atoms with Crippen LogP contribution in [0.3, 0.4) is 0 Å². The van der Waals surface area contributed by atoms with Crippen LogP contribution >= 0.6 is 0 Å². The third-order valence-corrected chi connectivity index (χ3v) is 6.56. The van der Waals surface area contributed by atoms with E-state index in [1.54, 1.807) is 7.11 Å². The van der Waals surface area contributed by atoms with Gasteiger partial charge in [-0.05, 0) is 39.1 Å². The molecule has 0 heterocycles. The zero-order valence-corrected chi connectivity index (χ0v) is 19.2. The van der Waals surface area contributed by atoms with Crippen molar-refractivity contribution in [3.8, 4) is 16.9 Å². The molecule has 5 rings (SSSR count). The SMILES string of the molecule is COc1ccc2ccccc2c1C[C@@H](NC(=O)OCC1c2ccccc2-c2ccccc21)C(=O)O. The van der Waals surface area contributed by atoms with Crippen LogP contribution in [0.15, 0.2) is 84.9 Å². The van der Waals surface area contributed by atoms with Crippen molar-refractivity contribution in [1.82, 2.24) is 5.32 Å². The highest BCUT2D eigenvalue weighted by Gasteiger charge is 2.30. The van der Waals surface area contributed by atoms with E-state index in [2.05, 4.69) is 17.4 Å². The summed E-state index contributed by atoms with van der Waals surface area (Å²) in [5.74, 6) is -0.674. The summed E-state index contributed by atoms with van der Waals surface area (Å²) in [6.45, 7) is 0.115. The van der Waals surface area contributed by atoms with Gasteiger partial charge in [0.1, 0.15) is 18.4 Å². The maximum atomic E-state index is 12.7. The first-order chi connectivity index (χ1) is 17.1. The molecule has 0 unspecified atom stereocenters. The van der Waals surface area contributed by atoms with Gasteiger partial charge < -0.3 is 19.9 Å². The van der Waals surface area contributed by atoms with E-state index in [-0.39, 0.29) is 18.9 Å². The molecule has 35 heavy (non-hydrogen) atoms. The number of carbonyl (C=O) groups excluding carboxylic acids is 1. The number of ether oxygens (including phenoxy) is 2. The number of methoxy groups -OCH3 is 1. The van der Waals surface area contributed by atoms with Gasteiger partial charge in [-0.1, -0.05) is 78.9 Å². The number of hydrogen-bond donors (Lipinski definition) is 2. The van der Waals surface area contributed by atoms with Crippen molar-refractivity contribution < 1.29 is 24.2 Å². The zero-order valence-electron chi connectivity index (χ0n) is 19.2. The number of hydrogen-bond acceptors (Lipinski definition) is 4. The summed E-state index contributed by atoms with van der Waals surface area (Å²) in [7, 11) is 1.54. The van der Waals surface area contributed by atoms with E-state index in [9.17, 15) is 14.7 Å². The molecule has 6 nitrogen and oxygen atoms in total. The average Bonchev–Trinajstić information content (AvgIpc) is 3.20. The standard InChI is InChI=1S/C29H25NO5/c1-34-27-15-14-18-8-2-3-9-19(18)24(27)16-26(28(31)32)30-29(33)35-17-25-22-12-6-4-10-20(22)21-11-5-7-13-23(21)25/h2-15,25-26H,16-17H2,1H3,(H,30,33)(H,31,32)/t26-/m1/s1. The molecule has 0 bridgehead atoms. The smallest absolute Gasteiger partial charge is 0.407 e. The number of benzene rings is 4. The number of carboxylic acids is 1. The van der Waals surface area contributed by atoms with E-state index >= 15 is 0 Å². The van der Waals surface area contributed by atoms with Gasteiger partial charge in [-0.15, -0.1) is 0 Å². The van der Waals surface area contributed by atoms with Gasteiger partial charge in [0.15, 0.2) is 0 Å². The van der Waals surface area contributed by atoms with E-state index in [0.29, 0.717) is 5.75 Å². The van der Waals surface area contributed by atoms with Gasteiger partial charge in [0.25, 0.3) is 0 Å². The van der Waals surface area contributed by atoms with Crippen molar-refractivity contribution in [2.45, 2.75) is 18.4 Å².